The van der Waals surface area contributed by atoms with Gasteiger partial charge in [0.2, 0.25) is 0 Å². The van der Waals surface area contributed by atoms with E-state index in [9.17, 15) is 5.11 Å². The SMILES string of the molecule is CCCCCC(CCC(C)=C(C)CC(C)CC)CCC(C)O. The van der Waals surface area contributed by atoms with Crippen LogP contribution >= 0.6 is 0 Å². The largest absolute Gasteiger partial charge is 0.393 e. The van der Waals surface area contributed by atoms with Gasteiger partial charge in [-0.1, -0.05) is 64.0 Å². The van der Waals surface area contributed by atoms with Crippen molar-refractivity contribution in [2.75, 3.05) is 0 Å². The van der Waals surface area contributed by atoms with Gasteiger partial charge in [-0.2, -0.15) is 0 Å². The molecule has 0 aromatic carbocycles. The van der Waals surface area contributed by atoms with E-state index in [4.69, 9.17) is 0 Å². The third-order valence-electron chi connectivity index (χ3n) is 5.22. The smallest absolute Gasteiger partial charge is 0.0512 e. The van der Waals surface area contributed by atoms with Gasteiger partial charge in [-0.25, -0.2) is 0 Å². The van der Waals surface area contributed by atoms with Crippen LogP contribution in [0, 0.1) is 11.8 Å². The zero-order valence-electron chi connectivity index (χ0n) is 16.3. The minimum atomic E-state index is -0.141. The van der Waals surface area contributed by atoms with Crippen molar-refractivity contribution in [3.8, 4) is 0 Å². The zero-order valence-corrected chi connectivity index (χ0v) is 16.3. The van der Waals surface area contributed by atoms with E-state index >= 15 is 0 Å². The number of allylic oxidation sites excluding steroid dienone is 2. The highest BCUT2D eigenvalue weighted by atomic mass is 16.3. The Morgan fingerprint density at radius 1 is 0.864 bits per heavy atom. The van der Waals surface area contributed by atoms with Crippen molar-refractivity contribution in [2.45, 2.75) is 112 Å². The van der Waals surface area contributed by atoms with Crippen LogP contribution in [0.2, 0.25) is 0 Å². The standard InChI is InChI=1S/C21H42O/c1-7-9-10-11-21(15-13-20(6)22)14-12-18(4)19(5)16-17(3)8-2/h17,20-22H,7-16H2,1-6H3. The van der Waals surface area contributed by atoms with E-state index in [1.54, 1.807) is 11.1 Å². The first-order valence-corrected chi connectivity index (χ1v) is 9.73. The lowest BCUT2D eigenvalue weighted by Gasteiger charge is -2.19. The van der Waals surface area contributed by atoms with Crippen LogP contribution in [0.3, 0.4) is 0 Å². The summed E-state index contributed by atoms with van der Waals surface area (Å²) in [5.74, 6) is 1.61. The van der Waals surface area contributed by atoms with E-state index < -0.39 is 0 Å². The molecule has 1 heteroatoms. The summed E-state index contributed by atoms with van der Waals surface area (Å²) in [6.45, 7) is 13.5. The maximum absolute atomic E-state index is 9.56. The zero-order chi connectivity index (χ0) is 17.0. The van der Waals surface area contributed by atoms with E-state index in [-0.39, 0.29) is 6.10 Å². The van der Waals surface area contributed by atoms with Gasteiger partial charge in [0.05, 0.1) is 6.10 Å². The Labute approximate surface area is 140 Å². The third-order valence-corrected chi connectivity index (χ3v) is 5.22. The molecular formula is C21H42O. The van der Waals surface area contributed by atoms with E-state index in [1.807, 2.05) is 6.92 Å². The molecule has 0 aliphatic rings. The Morgan fingerprint density at radius 3 is 2.09 bits per heavy atom. The second-order valence-electron chi connectivity index (χ2n) is 7.61. The number of rotatable bonds is 13. The normalized spacial score (nSPS) is 17.0. The van der Waals surface area contributed by atoms with Crippen molar-refractivity contribution in [3.63, 3.8) is 0 Å². The van der Waals surface area contributed by atoms with Gasteiger partial charge < -0.3 is 5.11 Å². The maximum atomic E-state index is 9.56. The first-order chi connectivity index (χ1) is 10.4. The quantitative estimate of drug-likeness (QED) is 0.290. The fourth-order valence-electron chi connectivity index (χ4n) is 3.07. The lowest BCUT2D eigenvalue weighted by molar-refractivity contribution is 0.170. The van der Waals surface area contributed by atoms with Crippen molar-refractivity contribution in [2.24, 2.45) is 11.8 Å². The highest BCUT2D eigenvalue weighted by Crippen LogP contribution is 2.26. The molecule has 0 amide bonds. The lowest BCUT2D eigenvalue weighted by atomic mass is 9.88. The van der Waals surface area contributed by atoms with E-state index in [0.717, 1.165) is 18.3 Å². The average Bonchev–Trinajstić information content (AvgIpc) is 2.48. The van der Waals surface area contributed by atoms with E-state index in [1.165, 1.54) is 57.8 Å². The van der Waals surface area contributed by atoms with Gasteiger partial charge in [0.1, 0.15) is 0 Å². The van der Waals surface area contributed by atoms with E-state index in [0.29, 0.717) is 0 Å². The van der Waals surface area contributed by atoms with Crippen molar-refractivity contribution in [1.29, 1.82) is 0 Å². The van der Waals surface area contributed by atoms with Gasteiger partial charge in [0.15, 0.2) is 0 Å². The summed E-state index contributed by atoms with van der Waals surface area (Å²) in [5.41, 5.74) is 3.22. The molecular weight excluding hydrogens is 268 g/mol. The summed E-state index contributed by atoms with van der Waals surface area (Å²) in [6, 6.07) is 0. The average molecular weight is 311 g/mol. The molecule has 1 N–H and O–H groups in total. The summed E-state index contributed by atoms with van der Waals surface area (Å²) < 4.78 is 0. The lowest BCUT2D eigenvalue weighted by Crippen LogP contribution is -2.07. The molecule has 0 rings (SSSR count). The van der Waals surface area contributed by atoms with Crippen molar-refractivity contribution < 1.29 is 5.11 Å². The summed E-state index contributed by atoms with van der Waals surface area (Å²) in [7, 11) is 0. The van der Waals surface area contributed by atoms with Gasteiger partial charge in [-0.15, -0.1) is 0 Å². The van der Waals surface area contributed by atoms with Crippen LogP contribution in [0.25, 0.3) is 0 Å². The number of hydrogen-bond donors (Lipinski definition) is 1. The monoisotopic (exact) mass is 310 g/mol. The molecule has 0 fully saturated rings. The molecule has 0 saturated carbocycles. The van der Waals surface area contributed by atoms with Crippen molar-refractivity contribution >= 4 is 0 Å². The highest BCUT2D eigenvalue weighted by molar-refractivity contribution is 5.10. The molecule has 132 valence electrons. The van der Waals surface area contributed by atoms with Crippen LogP contribution in [0.4, 0.5) is 0 Å². The molecule has 0 bridgehead atoms. The summed E-state index contributed by atoms with van der Waals surface area (Å²) in [6.07, 6.45) is 12.5. The molecule has 22 heavy (non-hydrogen) atoms. The first kappa shape index (κ1) is 21.7. The Morgan fingerprint density at radius 2 is 1.55 bits per heavy atom. The Hall–Kier alpha value is -0.300. The van der Waals surface area contributed by atoms with Gasteiger partial charge in [-0.3, -0.25) is 0 Å². The Balaban J connectivity index is 4.35. The maximum Gasteiger partial charge on any atom is 0.0512 e. The van der Waals surface area contributed by atoms with Crippen molar-refractivity contribution in [1.82, 2.24) is 0 Å². The molecule has 0 heterocycles. The van der Waals surface area contributed by atoms with E-state index in [2.05, 4.69) is 34.6 Å². The second kappa shape index (κ2) is 13.2. The molecule has 0 radical (unpaired) electrons. The van der Waals surface area contributed by atoms with Gasteiger partial charge >= 0.3 is 0 Å². The molecule has 0 spiro atoms. The minimum absolute atomic E-state index is 0.141. The van der Waals surface area contributed by atoms with Gasteiger partial charge in [-0.05, 0) is 64.7 Å². The van der Waals surface area contributed by atoms with Crippen molar-refractivity contribution in [3.05, 3.63) is 11.1 Å². The molecule has 3 atom stereocenters. The molecule has 0 aliphatic heterocycles. The second-order valence-corrected chi connectivity index (χ2v) is 7.61. The highest BCUT2D eigenvalue weighted by Gasteiger charge is 2.11. The predicted octanol–water partition coefficient (Wildman–Crippen LogP) is 6.90. The van der Waals surface area contributed by atoms with Crippen LogP contribution in [-0.2, 0) is 0 Å². The molecule has 0 aromatic heterocycles. The van der Waals surface area contributed by atoms with Crippen LogP contribution < -0.4 is 0 Å². The number of aliphatic hydroxyl groups is 1. The van der Waals surface area contributed by atoms with Crippen LogP contribution in [0.5, 0.6) is 0 Å². The minimum Gasteiger partial charge on any atom is -0.393 e. The number of unbranched alkanes of at least 4 members (excludes halogenated alkanes) is 2. The fraction of sp³-hybridized carbons (Fsp3) is 0.905. The molecule has 0 aromatic rings. The van der Waals surface area contributed by atoms with Crippen LogP contribution in [0.1, 0.15) is 106 Å². The number of hydrogen-bond acceptors (Lipinski definition) is 1. The van der Waals surface area contributed by atoms with Gasteiger partial charge in [0, 0.05) is 0 Å². The fourth-order valence-corrected chi connectivity index (χ4v) is 3.07. The first-order valence-electron chi connectivity index (χ1n) is 9.73. The summed E-state index contributed by atoms with van der Waals surface area (Å²) in [4.78, 5) is 0. The third kappa shape index (κ3) is 11.3. The Bertz CT molecular complexity index is 290. The predicted molar refractivity (Wildman–Crippen MR) is 100 cm³/mol. The number of aliphatic hydroxyl groups excluding tert-OH is 1. The summed E-state index contributed by atoms with van der Waals surface area (Å²) in [5, 5.41) is 9.56. The molecule has 1 nitrogen and oxygen atoms in total. The summed E-state index contributed by atoms with van der Waals surface area (Å²) >= 11 is 0. The Kier molecular flexibility index (Phi) is 13.0. The topological polar surface area (TPSA) is 20.2 Å². The molecule has 0 aliphatic carbocycles. The molecule has 3 unspecified atom stereocenters. The van der Waals surface area contributed by atoms with Crippen LogP contribution in [0.15, 0.2) is 11.1 Å². The van der Waals surface area contributed by atoms with Crippen LogP contribution in [-0.4, -0.2) is 11.2 Å². The molecule has 0 saturated heterocycles. The van der Waals surface area contributed by atoms with Gasteiger partial charge in [0.25, 0.3) is 0 Å².